The molecule has 2 aromatic rings. The van der Waals surface area contributed by atoms with Gasteiger partial charge in [0.1, 0.15) is 0 Å². The summed E-state index contributed by atoms with van der Waals surface area (Å²) in [6.07, 6.45) is 6.41. The lowest BCUT2D eigenvalue weighted by Gasteiger charge is -2.21. The van der Waals surface area contributed by atoms with E-state index in [0.717, 1.165) is 35.1 Å². The van der Waals surface area contributed by atoms with Crippen molar-refractivity contribution in [1.29, 1.82) is 0 Å². The molecule has 3 aliphatic rings. The number of rotatable bonds is 3. The topological polar surface area (TPSA) is 24.9 Å². The molecule has 0 amide bonds. The number of hydrogen-bond donors (Lipinski definition) is 1. The molecule has 108 valence electrons. The number of fused-ring (bicyclic) bond motifs is 6. The Morgan fingerprint density at radius 1 is 1.14 bits per heavy atom. The summed E-state index contributed by atoms with van der Waals surface area (Å²) >= 11 is 0. The minimum Gasteiger partial charge on any atom is -0.313 e. The Kier molecular flexibility index (Phi) is 2.49. The highest BCUT2D eigenvalue weighted by Gasteiger charge is 2.66. The first-order valence-electron chi connectivity index (χ1n) is 8.39. The highest BCUT2D eigenvalue weighted by Crippen LogP contribution is 2.72. The van der Waals surface area contributed by atoms with Crippen molar-refractivity contribution in [3.05, 3.63) is 42.1 Å². The number of nitrogens with one attached hydrogen (secondary N) is 1. The minimum atomic E-state index is 0.535. The van der Waals surface area contributed by atoms with E-state index in [0.29, 0.717) is 6.04 Å². The number of hydrogen-bond acceptors (Lipinski definition) is 2. The zero-order chi connectivity index (χ0) is 14.0. The van der Waals surface area contributed by atoms with E-state index in [2.05, 4.69) is 41.6 Å². The van der Waals surface area contributed by atoms with Crippen LogP contribution in [-0.4, -0.2) is 12.0 Å². The van der Waals surface area contributed by atoms with Gasteiger partial charge in [0.05, 0.1) is 5.52 Å². The summed E-state index contributed by atoms with van der Waals surface area (Å²) in [7, 11) is 2.13. The molecule has 2 heteroatoms. The van der Waals surface area contributed by atoms with E-state index in [1.54, 1.807) is 0 Å². The Labute approximate surface area is 126 Å². The molecule has 0 spiro atoms. The van der Waals surface area contributed by atoms with Crippen molar-refractivity contribution in [3.8, 4) is 0 Å². The number of nitrogens with zero attached hydrogens (tertiary/aromatic N) is 1. The van der Waals surface area contributed by atoms with Gasteiger partial charge in [0.2, 0.25) is 0 Å². The maximum atomic E-state index is 4.44. The lowest BCUT2D eigenvalue weighted by molar-refractivity contribution is 0.386. The third-order valence-electron chi connectivity index (χ3n) is 6.48. The van der Waals surface area contributed by atoms with E-state index < -0.39 is 0 Å². The average Bonchev–Trinajstić information content (AvgIpc) is 2.94. The van der Waals surface area contributed by atoms with Crippen LogP contribution in [0.15, 0.2) is 36.5 Å². The van der Waals surface area contributed by atoms with E-state index in [-0.39, 0.29) is 0 Å². The lowest BCUT2D eigenvalue weighted by Crippen LogP contribution is -2.21. The van der Waals surface area contributed by atoms with Gasteiger partial charge in [-0.25, -0.2) is 0 Å². The van der Waals surface area contributed by atoms with Gasteiger partial charge in [-0.3, -0.25) is 4.98 Å². The van der Waals surface area contributed by atoms with Gasteiger partial charge in [0.25, 0.3) is 0 Å². The van der Waals surface area contributed by atoms with E-state index in [9.17, 15) is 0 Å². The van der Waals surface area contributed by atoms with Gasteiger partial charge in [-0.2, -0.15) is 0 Å². The first-order valence-corrected chi connectivity index (χ1v) is 8.39. The van der Waals surface area contributed by atoms with Crippen LogP contribution in [0.25, 0.3) is 10.9 Å². The van der Waals surface area contributed by atoms with Crippen LogP contribution in [0.1, 0.15) is 30.9 Å². The molecule has 3 fully saturated rings. The van der Waals surface area contributed by atoms with Gasteiger partial charge in [0.15, 0.2) is 0 Å². The number of benzene rings is 1. The van der Waals surface area contributed by atoms with Crippen LogP contribution >= 0.6 is 0 Å². The summed E-state index contributed by atoms with van der Waals surface area (Å²) in [5, 5.41) is 4.89. The molecule has 5 rings (SSSR count). The van der Waals surface area contributed by atoms with Gasteiger partial charge in [-0.05, 0) is 79.7 Å². The lowest BCUT2D eigenvalue weighted by atomic mass is 9.92. The number of pyridine rings is 1. The molecule has 21 heavy (non-hydrogen) atoms. The molecule has 1 aromatic carbocycles. The van der Waals surface area contributed by atoms with Gasteiger partial charge < -0.3 is 5.32 Å². The average molecular weight is 278 g/mol. The first kappa shape index (κ1) is 12.2. The highest BCUT2D eigenvalue weighted by atomic mass is 14.9. The Morgan fingerprint density at radius 3 is 2.71 bits per heavy atom. The summed E-state index contributed by atoms with van der Waals surface area (Å²) in [4.78, 5) is 4.44. The molecular weight excluding hydrogens is 256 g/mol. The molecule has 3 saturated carbocycles. The molecule has 0 radical (unpaired) electrons. The van der Waals surface area contributed by atoms with Crippen LogP contribution in [0.5, 0.6) is 0 Å². The quantitative estimate of drug-likeness (QED) is 0.924. The predicted octanol–water partition coefficient (Wildman–Crippen LogP) is 3.79. The second-order valence-electron chi connectivity index (χ2n) is 7.29. The Balaban J connectivity index is 1.49. The molecule has 0 saturated heterocycles. The standard InChI is InChI=1S/C19H22N2/c1-20-19(18-16-12-4-5-13(10-12)17(16)18)14-6-7-15-11(9-14)3-2-8-21-15/h2-3,6-9,12-13,16-20H,4-5,10H2,1H3. The molecule has 5 unspecified atom stereocenters. The van der Waals surface area contributed by atoms with Crippen LogP contribution in [0.2, 0.25) is 0 Å². The first-order chi connectivity index (χ1) is 10.4. The van der Waals surface area contributed by atoms with Gasteiger partial charge in [0, 0.05) is 17.6 Å². The second-order valence-corrected chi connectivity index (χ2v) is 7.29. The third-order valence-corrected chi connectivity index (χ3v) is 6.48. The minimum absolute atomic E-state index is 0.535. The molecule has 5 atom stereocenters. The van der Waals surface area contributed by atoms with Gasteiger partial charge in [-0.1, -0.05) is 12.1 Å². The zero-order valence-electron chi connectivity index (χ0n) is 12.5. The molecule has 0 aliphatic heterocycles. The second kappa shape index (κ2) is 4.30. The van der Waals surface area contributed by atoms with E-state index in [1.807, 2.05) is 12.3 Å². The summed E-state index contributed by atoms with van der Waals surface area (Å²) in [5.41, 5.74) is 2.56. The largest absolute Gasteiger partial charge is 0.313 e. The van der Waals surface area contributed by atoms with Gasteiger partial charge in [-0.15, -0.1) is 0 Å². The van der Waals surface area contributed by atoms with Crippen LogP contribution in [0.3, 0.4) is 0 Å². The van der Waals surface area contributed by atoms with E-state index in [4.69, 9.17) is 0 Å². The van der Waals surface area contributed by atoms with Crippen LogP contribution in [0.4, 0.5) is 0 Å². The summed E-state index contributed by atoms with van der Waals surface area (Å²) < 4.78 is 0. The van der Waals surface area contributed by atoms with Crippen molar-refractivity contribution >= 4 is 10.9 Å². The van der Waals surface area contributed by atoms with Crippen molar-refractivity contribution in [1.82, 2.24) is 10.3 Å². The molecule has 2 bridgehead atoms. The summed E-state index contributed by atoms with van der Waals surface area (Å²) in [6.45, 7) is 0. The summed E-state index contributed by atoms with van der Waals surface area (Å²) in [6, 6.07) is 11.6. The fraction of sp³-hybridized carbons (Fsp3) is 0.526. The highest BCUT2D eigenvalue weighted by molar-refractivity contribution is 5.79. The van der Waals surface area contributed by atoms with Crippen molar-refractivity contribution < 1.29 is 0 Å². The third kappa shape index (κ3) is 1.66. The molecule has 2 nitrogen and oxygen atoms in total. The molecular formula is C19H22N2. The van der Waals surface area contributed by atoms with E-state index >= 15 is 0 Å². The Bertz CT molecular complexity index is 679. The SMILES string of the molecule is CNC(c1ccc2ncccc2c1)C1C2C3CCC(C3)C21. The molecule has 3 aliphatic carbocycles. The maximum Gasteiger partial charge on any atom is 0.0702 e. The molecule has 1 heterocycles. The zero-order valence-corrected chi connectivity index (χ0v) is 12.5. The Hall–Kier alpha value is -1.41. The predicted molar refractivity (Wildman–Crippen MR) is 84.8 cm³/mol. The van der Waals surface area contributed by atoms with Crippen molar-refractivity contribution in [2.24, 2.45) is 29.6 Å². The van der Waals surface area contributed by atoms with Crippen LogP contribution in [-0.2, 0) is 0 Å². The monoisotopic (exact) mass is 278 g/mol. The molecule has 1 N–H and O–H groups in total. The maximum absolute atomic E-state index is 4.44. The molecule has 1 aromatic heterocycles. The normalized spacial score (nSPS) is 37.7. The fourth-order valence-corrected chi connectivity index (χ4v) is 5.71. The Morgan fingerprint density at radius 2 is 1.95 bits per heavy atom. The number of aromatic nitrogens is 1. The van der Waals surface area contributed by atoms with Crippen molar-refractivity contribution in [2.75, 3.05) is 7.05 Å². The van der Waals surface area contributed by atoms with Gasteiger partial charge >= 0.3 is 0 Å². The smallest absolute Gasteiger partial charge is 0.0702 e. The van der Waals surface area contributed by atoms with Crippen molar-refractivity contribution in [3.63, 3.8) is 0 Å². The van der Waals surface area contributed by atoms with Crippen LogP contribution in [0, 0.1) is 29.6 Å². The van der Waals surface area contributed by atoms with Crippen molar-refractivity contribution in [2.45, 2.75) is 25.3 Å². The fourth-order valence-electron chi connectivity index (χ4n) is 5.71. The van der Waals surface area contributed by atoms with Crippen LogP contribution < -0.4 is 5.32 Å². The summed E-state index contributed by atoms with van der Waals surface area (Å²) in [5.74, 6) is 5.01. The van der Waals surface area contributed by atoms with E-state index in [1.165, 1.54) is 30.2 Å².